The lowest BCUT2D eigenvalue weighted by Gasteiger charge is -2.37. The molecule has 0 unspecified atom stereocenters. The number of rotatable bonds is 2. The van der Waals surface area contributed by atoms with Crippen molar-refractivity contribution in [1.82, 2.24) is 0 Å². The van der Waals surface area contributed by atoms with Gasteiger partial charge in [0.2, 0.25) is 0 Å². The SMILES string of the molecule is CC(C)(C)OC(=O)OC(c1ccccc1)(C(F)(F)F)C(F)(F)F. The van der Waals surface area contributed by atoms with Crippen LogP contribution in [0.25, 0.3) is 0 Å². The summed E-state index contributed by atoms with van der Waals surface area (Å²) in [6, 6.07) is 4.32. The molecule has 1 aromatic rings. The van der Waals surface area contributed by atoms with Crippen LogP contribution in [0.15, 0.2) is 30.3 Å². The zero-order chi connectivity index (χ0) is 18.1. The third kappa shape index (κ3) is 4.08. The van der Waals surface area contributed by atoms with Crippen molar-refractivity contribution in [3.05, 3.63) is 35.9 Å². The molecule has 0 saturated carbocycles. The number of halogens is 6. The lowest BCUT2D eigenvalue weighted by atomic mass is 9.92. The number of hydrogen-bond acceptors (Lipinski definition) is 3. The van der Waals surface area contributed by atoms with Crippen LogP contribution < -0.4 is 0 Å². The second-order valence-corrected chi connectivity index (χ2v) is 5.61. The molecule has 1 rings (SSSR count). The average Bonchev–Trinajstić information content (AvgIpc) is 2.31. The minimum atomic E-state index is -5.94. The van der Waals surface area contributed by atoms with Crippen molar-refractivity contribution in [2.24, 2.45) is 0 Å². The van der Waals surface area contributed by atoms with Gasteiger partial charge in [0, 0.05) is 5.56 Å². The average molecular weight is 344 g/mol. The van der Waals surface area contributed by atoms with Crippen LogP contribution >= 0.6 is 0 Å². The van der Waals surface area contributed by atoms with Gasteiger partial charge in [0.25, 0.3) is 0 Å². The van der Waals surface area contributed by atoms with E-state index in [1.165, 1.54) is 26.8 Å². The molecule has 0 aromatic heterocycles. The van der Waals surface area contributed by atoms with Gasteiger partial charge >= 0.3 is 24.1 Å². The van der Waals surface area contributed by atoms with Crippen molar-refractivity contribution in [3.63, 3.8) is 0 Å². The Morgan fingerprint density at radius 1 is 0.826 bits per heavy atom. The molecule has 0 spiro atoms. The van der Waals surface area contributed by atoms with E-state index in [0.29, 0.717) is 12.1 Å². The molecule has 1 aromatic carbocycles. The molecule has 0 amide bonds. The number of alkyl halides is 6. The van der Waals surface area contributed by atoms with E-state index < -0.39 is 35.3 Å². The Balaban J connectivity index is 3.45. The maximum absolute atomic E-state index is 13.3. The van der Waals surface area contributed by atoms with Crippen molar-refractivity contribution in [1.29, 1.82) is 0 Å². The molecule has 0 bridgehead atoms. The Morgan fingerprint density at radius 2 is 1.26 bits per heavy atom. The smallest absolute Gasteiger partial charge is 0.429 e. The first-order valence-electron chi connectivity index (χ1n) is 6.32. The van der Waals surface area contributed by atoms with Crippen LogP contribution in [0.5, 0.6) is 0 Å². The van der Waals surface area contributed by atoms with E-state index in [1.54, 1.807) is 0 Å². The fraction of sp³-hybridized carbons (Fsp3) is 0.500. The molecule has 3 nitrogen and oxygen atoms in total. The molecule has 0 N–H and O–H groups in total. The molecule has 0 heterocycles. The summed E-state index contributed by atoms with van der Waals surface area (Å²) in [5.74, 6) is 0. The predicted molar refractivity (Wildman–Crippen MR) is 67.5 cm³/mol. The summed E-state index contributed by atoms with van der Waals surface area (Å²) in [5.41, 5.74) is -7.41. The zero-order valence-electron chi connectivity index (χ0n) is 12.4. The number of ether oxygens (including phenoxy) is 2. The Labute approximate surface area is 128 Å². The Hall–Kier alpha value is -1.93. The highest BCUT2D eigenvalue weighted by Gasteiger charge is 2.75. The van der Waals surface area contributed by atoms with Gasteiger partial charge < -0.3 is 9.47 Å². The topological polar surface area (TPSA) is 35.5 Å². The van der Waals surface area contributed by atoms with Crippen molar-refractivity contribution < 1.29 is 40.6 Å². The van der Waals surface area contributed by atoms with Crippen molar-refractivity contribution >= 4 is 6.16 Å². The zero-order valence-corrected chi connectivity index (χ0v) is 12.4. The highest BCUT2D eigenvalue weighted by atomic mass is 19.4. The monoisotopic (exact) mass is 344 g/mol. The molecule has 0 radical (unpaired) electrons. The van der Waals surface area contributed by atoms with Crippen LogP contribution in [0, 0.1) is 0 Å². The van der Waals surface area contributed by atoms with Gasteiger partial charge in [-0.15, -0.1) is 0 Å². The highest BCUT2D eigenvalue weighted by molar-refractivity contribution is 5.62. The fourth-order valence-corrected chi connectivity index (χ4v) is 1.73. The van der Waals surface area contributed by atoms with E-state index in [1.807, 2.05) is 0 Å². The van der Waals surface area contributed by atoms with E-state index in [0.717, 1.165) is 12.1 Å². The minimum absolute atomic E-state index is 0.575. The van der Waals surface area contributed by atoms with Crippen LogP contribution in [0.2, 0.25) is 0 Å². The summed E-state index contributed by atoms with van der Waals surface area (Å²) in [6.07, 6.45) is -14.0. The lowest BCUT2D eigenvalue weighted by molar-refractivity contribution is -0.377. The van der Waals surface area contributed by atoms with Gasteiger partial charge in [0.15, 0.2) is 0 Å². The van der Waals surface area contributed by atoms with Gasteiger partial charge in [-0.2, -0.15) is 26.3 Å². The Morgan fingerprint density at radius 3 is 1.61 bits per heavy atom. The lowest BCUT2D eigenvalue weighted by Crippen LogP contribution is -2.57. The van der Waals surface area contributed by atoms with Crippen molar-refractivity contribution in [3.8, 4) is 0 Å². The Kier molecular flexibility index (Phi) is 4.93. The van der Waals surface area contributed by atoms with Crippen LogP contribution in [0.3, 0.4) is 0 Å². The van der Waals surface area contributed by atoms with Gasteiger partial charge in [-0.05, 0) is 20.8 Å². The van der Waals surface area contributed by atoms with Crippen molar-refractivity contribution in [2.75, 3.05) is 0 Å². The maximum Gasteiger partial charge on any atom is 0.510 e. The quantitative estimate of drug-likeness (QED) is 0.562. The fourth-order valence-electron chi connectivity index (χ4n) is 1.73. The molecule has 0 aliphatic carbocycles. The van der Waals surface area contributed by atoms with Gasteiger partial charge in [0.05, 0.1) is 0 Å². The van der Waals surface area contributed by atoms with E-state index >= 15 is 0 Å². The molecular formula is C14H14F6O3. The number of carbonyl (C=O) groups excluding carboxylic acids is 1. The highest BCUT2D eigenvalue weighted by Crippen LogP contribution is 2.53. The van der Waals surface area contributed by atoms with Gasteiger partial charge in [0.1, 0.15) is 5.60 Å². The number of hydrogen-bond donors (Lipinski definition) is 0. The minimum Gasteiger partial charge on any atom is -0.429 e. The van der Waals surface area contributed by atoms with E-state index in [-0.39, 0.29) is 0 Å². The van der Waals surface area contributed by atoms with Gasteiger partial charge in [-0.25, -0.2) is 4.79 Å². The first-order chi connectivity index (χ1) is 10.2. The van der Waals surface area contributed by atoms with Crippen LogP contribution in [0.1, 0.15) is 26.3 Å². The molecular weight excluding hydrogens is 330 g/mol. The third-order valence-electron chi connectivity index (χ3n) is 2.60. The summed E-state index contributed by atoms with van der Waals surface area (Å²) >= 11 is 0. The first-order valence-corrected chi connectivity index (χ1v) is 6.32. The molecule has 0 aliphatic rings. The van der Waals surface area contributed by atoms with Crippen LogP contribution in [-0.2, 0) is 15.1 Å². The largest absolute Gasteiger partial charge is 0.510 e. The van der Waals surface area contributed by atoms with Crippen molar-refractivity contribution in [2.45, 2.75) is 44.3 Å². The predicted octanol–water partition coefficient (Wildman–Crippen LogP) is 4.96. The molecule has 0 saturated heterocycles. The second-order valence-electron chi connectivity index (χ2n) is 5.61. The first kappa shape index (κ1) is 19.1. The van der Waals surface area contributed by atoms with E-state index in [4.69, 9.17) is 0 Å². The van der Waals surface area contributed by atoms with E-state index in [2.05, 4.69) is 9.47 Å². The summed E-state index contributed by atoms with van der Waals surface area (Å²) < 4.78 is 88.0. The third-order valence-corrected chi connectivity index (χ3v) is 2.60. The number of benzene rings is 1. The molecule has 0 aliphatic heterocycles. The van der Waals surface area contributed by atoms with Gasteiger partial charge in [-0.1, -0.05) is 30.3 Å². The molecule has 23 heavy (non-hydrogen) atoms. The van der Waals surface area contributed by atoms with Crippen LogP contribution in [-0.4, -0.2) is 24.1 Å². The van der Waals surface area contributed by atoms with Gasteiger partial charge in [-0.3, -0.25) is 0 Å². The molecule has 0 atom stereocenters. The summed E-state index contributed by atoms with van der Waals surface area (Å²) in [6.45, 7) is 3.83. The van der Waals surface area contributed by atoms with E-state index in [9.17, 15) is 31.1 Å². The molecule has 9 heteroatoms. The summed E-state index contributed by atoms with van der Waals surface area (Å²) in [4.78, 5) is 11.5. The molecule has 0 fully saturated rings. The Bertz CT molecular complexity index is 528. The maximum atomic E-state index is 13.3. The normalized spacial score (nSPS) is 13.6. The second kappa shape index (κ2) is 5.93. The standard InChI is InChI=1S/C14H14F6O3/c1-11(2,3)22-10(21)23-12(13(15,16)17,14(18,19)20)9-7-5-4-6-8-9/h4-8H,1-3H3. The van der Waals surface area contributed by atoms with Crippen LogP contribution in [0.4, 0.5) is 31.1 Å². The summed E-state index contributed by atoms with van der Waals surface area (Å²) in [5, 5.41) is 0. The molecule has 130 valence electrons. The number of carbonyl (C=O) groups is 1. The summed E-state index contributed by atoms with van der Waals surface area (Å²) in [7, 11) is 0.